The number of carboxylic acids is 1. The minimum atomic E-state index is -1.33. The number of aromatic hydroxyl groups is 1. The summed E-state index contributed by atoms with van der Waals surface area (Å²) in [6.07, 6.45) is 0.252. The standard InChI is InChI=1S/C12H15NO4/c1-3-12(2,11(16)17)13-10(15)8-6-4-5-7-9(8)14/h4-7,14H,3H2,1-2H3,(H,13,15)(H,16,17). The molecule has 0 bridgehead atoms. The predicted molar refractivity (Wildman–Crippen MR) is 61.9 cm³/mol. The Labute approximate surface area is 99.1 Å². The molecule has 0 radical (unpaired) electrons. The van der Waals surface area contributed by atoms with Crippen LogP contribution >= 0.6 is 0 Å². The zero-order valence-corrected chi connectivity index (χ0v) is 9.73. The van der Waals surface area contributed by atoms with Gasteiger partial charge in [0.2, 0.25) is 0 Å². The SMILES string of the molecule is CCC(C)(NC(=O)c1ccccc1O)C(=O)O. The van der Waals surface area contributed by atoms with Gasteiger partial charge in [-0.15, -0.1) is 0 Å². The molecule has 0 aliphatic rings. The van der Waals surface area contributed by atoms with Gasteiger partial charge in [-0.3, -0.25) is 4.79 Å². The number of carbonyl (C=O) groups excluding carboxylic acids is 1. The van der Waals surface area contributed by atoms with Crippen molar-refractivity contribution < 1.29 is 19.8 Å². The van der Waals surface area contributed by atoms with Gasteiger partial charge in [0, 0.05) is 0 Å². The second-order valence-electron chi connectivity index (χ2n) is 3.96. The molecule has 0 heterocycles. The first-order valence-electron chi connectivity index (χ1n) is 5.24. The number of hydrogen-bond donors (Lipinski definition) is 3. The molecule has 5 nitrogen and oxygen atoms in total. The summed E-state index contributed by atoms with van der Waals surface area (Å²) < 4.78 is 0. The number of phenolic OH excluding ortho intramolecular Hbond substituents is 1. The van der Waals surface area contributed by atoms with Gasteiger partial charge in [0.1, 0.15) is 11.3 Å². The van der Waals surface area contributed by atoms with E-state index in [9.17, 15) is 14.7 Å². The third-order valence-corrected chi connectivity index (χ3v) is 2.72. The first kappa shape index (κ1) is 13.0. The Morgan fingerprint density at radius 1 is 1.35 bits per heavy atom. The van der Waals surface area contributed by atoms with Crippen molar-refractivity contribution in [3.8, 4) is 5.75 Å². The van der Waals surface area contributed by atoms with Gasteiger partial charge in [-0.2, -0.15) is 0 Å². The number of rotatable bonds is 4. The van der Waals surface area contributed by atoms with Crippen LogP contribution in [0.5, 0.6) is 5.75 Å². The Morgan fingerprint density at radius 3 is 2.41 bits per heavy atom. The molecule has 0 aliphatic heterocycles. The molecule has 0 spiro atoms. The molecular weight excluding hydrogens is 222 g/mol. The molecule has 5 heteroatoms. The summed E-state index contributed by atoms with van der Waals surface area (Å²) in [7, 11) is 0. The number of amides is 1. The minimum Gasteiger partial charge on any atom is -0.507 e. The van der Waals surface area contributed by atoms with Crippen LogP contribution < -0.4 is 5.32 Å². The number of benzene rings is 1. The van der Waals surface area contributed by atoms with Crippen LogP contribution in [0.3, 0.4) is 0 Å². The molecule has 1 aromatic rings. The van der Waals surface area contributed by atoms with E-state index in [1.165, 1.54) is 19.1 Å². The molecule has 1 unspecified atom stereocenters. The molecule has 0 saturated heterocycles. The van der Waals surface area contributed by atoms with Gasteiger partial charge in [0.15, 0.2) is 0 Å². The number of para-hydroxylation sites is 1. The number of phenols is 1. The molecule has 1 amide bonds. The van der Waals surface area contributed by atoms with Crippen LogP contribution in [0.4, 0.5) is 0 Å². The van der Waals surface area contributed by atoms with Crippen LogP contribution in [0.15, 0.2) is 24.3 Å². The molecule has 0 saturated carbocycles. The molecule has 1 aromatic carbocycles. The van der Waals surface area contributed by atoms with E-state index in [4.69, 9.17) is 5.11 Å². The Bertz CT molecular complexity index is 444. The zero-order chi connectivity index (χ0) is 13.1. The Morgan fingerprint density at radius 2 is 1.94 bits per heavy atom. The van der Waals surface area contributed by atoms with Gasteiger partial charge in [-0.25, -0.2) is 4.79 Å². The average Bonchev–Trinajstić information content (AvgIpc) is 2.29. The summed E-state index contributed by atoms with van der Waals surface area (Å²) in [5, 5.41) is 20.9. The van der Waals surface area contributed by atoms with Crippen molar-refractivity contribution in [1.29, 1.82) is 0 Å². The zero-order valence-electron chi connectivity index (χ0n) is 9.73. The second kappa shape index (κ2) is 4.86. The lowest BCUT2D eigenvalue weighted by atomic mass is 9.98. The van der Waals surface area contributed by atoms with Crippen LogP contribution in [0, 0.1) is 0 Å². The fourth-order valence-electron chi connectivity index (χ4n) is 1.28. The number of hydrogen-bond acceptors (Lipinski definition) is 3. The maximum Gasteiger partial charge on any atom is 0.329 e. The van der Waals surface area contributed by atoms with E-state index in [1.807, 2.05) is 0 Å². The second-order valence-corrected chi connectivity index (χ2v) is 3.96. The van der Waals surface area contributed by atoms with Gasteiger partial charge in [-0.1, -0.05) is 19.1 Å². The van der Waals surface area contributed by atoms with Crippen molar-refractivity contribution in [2.75, 3.05) is 0 Å². The van der Waals surface area contributed by atoms with Gasteiger partial charge < -0.3 is 15.5 Å². The van der Waals surface area contributed by atoms with Crippen LogP contribution in [0.2, 0.25) is 0 Å². The molecule has 0 aromatic heterocycles. The fourth-order valence-corrected chi connectivity index (χ4v) is 1.28. The third-order valence-electron chi connectivity index (χ3n) is 2.72. The van der Waals surface area contributed by atoms with E-state index in [2.05, 4.69) is 5.32 Å². The van der Waals surface area contributed by atoms with Crippen LogP contribution in [-0.2, 0) is 4.79 Å². The first-order valence-corrected chi connectivity index (χ1v) is 5.24. The van der Waals surface area contributed by atoms with Gasteiger partial charge in [-0.05, 0) is 25.5 Å². The normalized spacial score (nSPS) is 13.8. The average molecular weight is 237 g/mol. The van der Waals surface area contributed by atoms with E-state index < -0.39 is 17.4 Å². The highest BCUT2D eigenvalue weighted by atomic mass is 16.4. The summed E-state index contributed by atoms with van der Waals surface area (Å²) in [6, 6.07) is 5.99. The first-order chi connectivity index (χ1) is 7.90. The van der Waals surface area contributed by atoms with Crippen molar-refractivity contribution in [3.05, 3.63) is 29.8 Å². The van der Waals surface area contributed by atoms with E-state index >= 15 is 0 Å². The molecule has 17 heavy (non-hydrogen) atoms. The number of carbonyl (C=O) groups is 2. The Balaban J connectivity index is 2.93. The maximum absolute atomic E-state index is 11.8. The topological polar surface area (TPSA) is 86.6 Å². The lowest BCUT2D eigenvalue weighted by molar-refractivity contribution is -0.143. The smallest absolute Gasteiger partial charge is 0.329 e. The Hall–Kier alpha value is -2.04. The minimum absolute atomic E-state index is 0.0634. The quantitative estimate of drug-likeness (QED) is 0.738. The molecule has 1 atom stereocenters. The molecule has 92 valence electrons. The van der Waals surface area contributed by atoms with E-state index in [-0.39, 0.29) is 17.7 Å². The van der Waals surface area contributed by atoms with Crippen molar-refractivity contribution in [2.45, 2.75) is 25.8 Å². The predicted octanol–water partition coefficient (Wildman–Crippen LogP) is 1.38. The van der Waals surface area contributed by atoms with Crippen molar-refractivity contribution in [1.82, 2.24) is 5.32 Å². The van der Waals surface area contributed by atoms with Crippen molar-refractivity contribution in [2.24, 2.45) is 0 Å². The third kappa shape index (κ3) is 2.75. The monoisotopic (exact) mass is 237 g/mol. The van der Waals surface area contributed by atoms with E-state index in [0.717, 1.165) is 0 Å². The molecule has 0 aliphatic carbocycles. The van der Waals surface area contributed by atoms with E-state index in [0.29, 0.717) is 0 Å². The van der Waals surface area contributed by atoms with Gasteiger partial charge in [0.25, 0.3) is 5.91 Å². The molecule has 3 N–H and O–H groups in total. The number of nitrogens with one attached hydrogen (secondary N) is 1. The Kier molecular flexibility index (Phi) is 3.73. The van der Waals surface area contributed by atoms with Crippen molar-refractivity contribution in [3.63, 3.8) is 0 Å². The summed E-state index contributed by atoms with van der Waals surface area (Å²) >= 11 is 0. The maximum atomic E-state index is 11.8. The summed E-state index contributed by atoms with van der Waals surface area (Å²) in [4.78, 5) is 22.8. The lowest BCUT2D eigenvalue weighted by Gasteiger charge is -2.24. The lowest BCUT2D eigenvalue weighted by Crippen LogP contribution is -2.51. The van der Waals surface area contributed by atoms with Crippen LogP contribution in [0.25, 0.3) is 0 Å². The summed E-state index contributed by atoms with van der Waals surface area (Å²) in [5.41, 5.74) is -1.27. The highest BCUT2D eigenvalue weighted by Crippen LogP contribution is 2.17. The van der Waals surface area contributed by atoms with E-state index in [1.54, 1.807) is 19.1 Å². The largest absolute Gasteiger partial charge is 0.507 e. The molecule has 0 fully saturated rings. The van der Waals surface area contributed by atoms with Gasteiger partial charge >= 0.3 is 5.97 Å². The highest BCUT2D eigenvalue weighted by molar-refractivity contribution is 5.99. The van der Waals surface area contributed by atoms with Crippen LogP contribution in [-0.4, -0.2) is 27.6 Å². The summed E-state index contributed by atoms with van der Waals surface area (Å²) in [5.74, 6) is -1.88. The highest BCUT2D eigenvalue weighted by Gasteiger charge is 2.33. The molecule has 1 rings (SSSR count). The van der Waals surface area contributed by atoms with Gasteiger partial charge in [0.05, 0.1) is 5.56 Å². The number of aliphatic carboxylic acids is 1. The number of carboxylic acid groups (broad SMARTS) is 1. The molecular formula is C12H15NO4. The fraction of sp³-hybridized carbons (Fsp3) is 0.333. The summed E-state index contributed by atoms with van der Waals surface area (Å²) in [6.45, 7) is 3.09. The van der Waals surface area contributed by atoms with Crippen molar-refractivity contribution >= 4 is 11.9 Å². The van der Waals surface area contributed by atoms with Crippen LogP contribution in [0.1, 0.15) is 30.6 Å².